The van der Waals surface area contributed by atoms with Gasteiger partial charge in [0.05, 0.1) is 25.6 Å². The Morgan fingerprint density at radius 1 is 0.900 bits per heavy atom. The molecule has 0 spiro atoms. The molecule has 0 saturated carbocycles. The van der Waals surface area contributed by atoms with Gasteiger partial charge in [-0.25, -0.2) is 4.98 Å². The molecule has 0 unspecified atom stereocenters. The van der Waals surface area contributed by atoms with E-state index in [1.54, 1.807) is 44.5 Å². The number of anilines is 3. The summed E-state index contributed by atoms with van der Waals surface area (Å²) in [6.07, 6.45) is -4.78. The monoisotopic (exact) mass is 420 g/mol. The number of alkyl halides is 3. The summed E-state index contributed by atoms with van der Waals surface area (Å²) < 4.78 is 52.2. The quantitative estimate of drug-likeness (QED) is 0.566. The SMILES string of the molecule is CNc1nc(Nc2ccc(OC)cc2OC)cc(-c2cccc(OC(F)(F)F)c2)n1. The molecule has 2 N–H and O–H groups in total. The van der Waals surface area contributed by atoms with Gasteiger partial charge in [0, 0.05) is 24.7 Å². The van der Waals surface area contributed by atoms with Crippen LogP contribution in [0, 0.1) is 0 Å². The van der Waals surface area contributed by atoms with E-state index in [0.717, 1.165) is 0 Å². The summed E-state index contributed by atoms with van der Waals surface area (Å²) in [6, 6.07) is 12.4. The van der Waals surface area contributed by atoms with Crippen molar-refractivity contribution < 1.29 is 27.4 Å². The number of rotatable bonds is 7. The first-order valence-corrected chi connectivity index (χ1v) is 8.73. The first-order chi connectivity index (χ1) is 14.3. The molecule has 0 fully saturated rings. The van der Waals surface area contributed by atoms with Crippen LogP contribution in [0.3, 0.4) is 0 Å². The zero-order valence-electron chi connectivity index (χ0n) is 16.4. The van der Waals surface area contributed by atoms with E-state index in [9.17, 15) is 13.2 Å². The van der Waals surface area contributed by atoms with Gasteiger partial charge < -0.3 is 24.8 Å². The first kappa shape index (κ1) is 21.0. The highest BCUT2D eigenvalue weighted by molar-refractivity contribution is 5.71. The molecule has 0 aliphatic heterocycles. The summed E-state index contributed by atoms with van der Waals surface area (Å²) in [5.74, 6) is 1.51. The summed E-state index contributed by atoms with van der Waals surface area (Å²) in [5.41, 5.74) is 1.46. The number of aromatic nitrogens is 2. The Balaban J connectivity index is 1.96. The lowest BCUT2D eigenvalue weighted by molar-refractivity contribution is -0.274. The van der Waals surface area contributed by atoms with Crippen LogP contribution < -0.4 is 24.8 Å². The van der Waals surface area contributed by atoms with E-state index >= 15 is 0 Å². The maximum Gasteiger partial charge on any atom is 0.573 e. The van der Waals surface area contributed by atoms with Gasteiger partial charge in [-0.2, -0.15) is 4.98 Å². The molecule has 0 aliphatic carbocycles. The molecule has 0 radical (unpaired) electrons. The summed E-state index contributed by atoms with van der Waals surface area (Å²) in [7, 11) is 4.71. The maximum absolute atomic E-state index is 12.5. The van der Waals surface area contributed by atoms with E-state index in [1.165, 1.54) is 25.3 Å². The van der Waals surface area contributed by atoms with Crippen molar-refractivity contribution in [1.29, 1.82) is 0 Å². The molecule has 3 aromatic rings. The molecule has 0 aliphatic rings. The number of benzene rings is 2. The summed E-state index contributed by atoms with van der Waals surface area (Å²) >= 11 is 0. The minimum absolute atomic E-state index is 0.282. The highest BCUT2D eigenvalue weighted by atomic mass is 19.4. The van der Waals surface area contributed by atoms with E-state index in [4.69, 9.17) is 9.47 Å². The van der Waals surface area contributed by atoms with E-state index in [1.807, 2.05) is 0 Å². The average molecular weight is 420 g/mol. The fraction of sp³-hybridized carbons (Fsp3) is 0.200. The Hall–Kier alpha value is -3.69. The van der Waals surface area contributed by atoms with Gasteiger partial charge in [-0.15, -0.1) is 13.2 Å². The van der Waals surface area contributed by atoms with Crippen molar-refractivity contribution in [3.8, 4) is 28.5 Å². The number of nitrogens with one attached hydrogen (secondary N) is 2. The van der Waals surface area contributed by atoms with E-state index in [0.29, 0.717) is 34.3 Å². The molecule has 158 valence electrons. The van der Waals surface area contributed by atoms with Crippen LogP contribution in [0.1, 0.15) is 0 Å². The molecule has 0 amide bonds. The maximum atomic E-state index is 12.5. The van der Waals surface area contributed by atoms with Crippen molar-refractivity contribution in [3.05, 3.63) is 48.5 Å². The Morgan fingerprint density at radius 3 is 2.37 bits per heavy atom. The number of nitrogens with zero attached hydrogens (tertiary/aromatic N) is 2. The van der Waals surface area contributed by atoms with Gasteiger partial charge in [-0.1, -0.05) is 12.1 Å². The molecule has 30 heavy (non-hydrogen) atoms. The second-order valence-electron chi connectivity index (χ2n) is 5.98. The van der Waals surface area contributed by atoms with Crippen molar-refractivity contribution >= 4 is 17.5 Å². The predicted molar refractivity (Wildman–Crippen MR) is 107 cm³/mol. The standard InChI is InChI=1S/C20H19F3N4O3/c1-24-19-26-16(12-5-4-6-14(9-12)30-20(21,22)23)11-18(27-19)25-15-8-7-13(28-2)10-17(15)29-3/h4-11H,1-3H3,(H2,24,25,26,27). The van der Waals surface area contributed by atoms with Crippen LogP contribution in [0.2, 0.25) is 0 Å². The van der Waals surface area contributed by atoms with Gasteiger partial charge in [-0.3, -0.25) is 0 Å². The molecule has 1 heterocycles. The third kappa shape index (κ3) is 5.22. The average Bonchev–Trinajstić information content (AvgIpc) is 2.72. The van der Waals surface area contributed by atoms with Crippen molar-refractivity contribution in [2.45, 2.75) is 6.36 Å². The Bertz CT molecular complexity index is 1030. The van der Waals surface area contributed by atoms with E-state index in [2.05, 4.69) is 25.3 Å². The third-order valence-corrected chi connectivity index (χ3v) is 3.98. The molecule has 3 rings (SSSR count). The fourth-order valence-electron chi connectivity index (χ4n) is 2.66. The van der Waals surface area contributed by atoms with Gasteiger partial charge in [-0.05, 0) is 24.3 Å². The lowest BCUT2D eigenvalue weighted by atomic mass is 10.1. The molecule has 0 atom stereocenters. The molecular formula is C20H19F3N4O3. The molecule has 2 aromatic carbocycles. The number of ether oxygens (including phenoxy) is 3. The lowest BCUT2D eigenvalue weighted by Gasteiger charge is -2.14. The lowest BCUT2D eigenvalue weighted by Crippen LogP contribution is -2.17. The minimum atomic E-state index is -4.78. The van der Waals surface area contributed by atoms with Gasteiger partial charge in [0.1, 0.15) is 23.1 Å². The van der Waals surface area contributed by atoms with Crippen LogP contribution in [-0.4, -0.2) is 37.6 Å². The van der Waals surface area contributed by atoms with E-state index < -0.39 is 6.36 Å². The van der Waals surface area contributed by atoms with Crippen LogP contribution in [0.15, 0.2) is 48.5 Å². The number of hydrogen-bond acceptors (Lipinski definition) is 7. The third-order valence-electron chi connectivity index (χ3n) is 3.98. The summed E-state index contributed by atoms with van der Waals surface area (Å²) in [4.78, 5) is 8.66. The van der Waals surface area contributed by atoms with Gasteiger partial charge >= 0.3 is 6.36 Å². The van der Waals surface area contributed by atoms with Crippen molar-refractivity contribution in [2.75, 3.05) is 31.9 Å². The Labute approximate surface area is 170 Å². The number of methoxy groups -OCH3 is 2. The highest BCUT2D eigenvalue weighted by Gasteiger charge is 2.31. The topological polar surface area (TPSA) is 77.5 Å². The molecule has 1 aromatic heterocycles. The van der Waals surface area contributed by atoms with Crippen LogP contribution in [0.25, 0.3) is 11.3 Å². The predicted octanol–water partition coefficient (Wildman–Crippen LogP) is 4.84. The molecular weight excluding hydrogens is 401 g/mol. The van der Waals surface area contributed by atoms with Crippen molar-refractivity contribution in [3.63, 3.8) is 0 Å². The smallest absolute Gasteiger partial charge is 0.497 e. The van der Waals surface area contributed by atoms with E-state index in [-0.39, 0.29) is 11.7 Å². The summed E-state index contributed by atoms with van der Waals surface area (Å²) in [6.45, 7) is 0. The fourth-order valence-corrected chi connectivity index (χ4v) is 2.66. The normalized spacial score (nSPS) is 11.0. The first-order valence-electron chi connectivity index (χ1n) is 8.73. The van der Waals surface area contributed by atoms with Gasteiger partial charge in [0.15, 0.2) is 0 Å². The Kier molecular flexibility index (Phi) is 6.14. The zero-order valence-corrected chi connectivity index (χ0v) is 16.4. The van der Waals surface area contributed by atoms with Gasteiger partial charge in [0.25, 0.3) is 0 Å². The molecule has 10 heteroatoms. The van der Waals surface area contributed by atoms with Crippen LogP contribution in [0.5, 0.6) is 17.2 Å². The van der Waals surface area contributed by atoms with Gasteiger partial charge in [0.2, 0.25) is 5.95 Å². The van der Waals surface area contributed by atoms with Crippen LogP contribution >= 0.6 is 0 Å². The Morgan fingerprint density at radius 2 is 1.70 bits per heavy atom. The van der Waals surface area contributed by atoms with Crippen LogP contribution in [-0.2, 0) is 0 Å². The second-order valence-corrected chi connectivity index (χ2v) is 5.98. The number of halogens is 3. The van der Waals surface area contributed by atoms with Crippen LogP contribution in [0.4, 0.5) is 30.6 Å². The van der Waals surface area contributed by atoms with Crippen molar-refractivity contribution in [2.24, 2.45) is 0 Å². The largest absolute Gasteiger partial charge is 0.573 e. The molecule has 0 saturated heterocycles. The highest BCUT2D eigenvalue weighted by Crippen LogP contribution is 2.33. The zero-order chi connectivity index (χ0) is 21.7. The summed E-state index contributed by atoms with van der Waals surface area (Å²) in [5, 5.41) is 5.97. The number of hydrogen-bond donors (Lipinski definition) is 2. The van der Waals surface area contributed by atoms with Crippen molar-refractivity contribution in [1.82, 2.24) is 9.97 Å². The molecule has 0 bridgehead atoms. The minimum Gasteiger partial charge on any atom is -0.497 e. The second kappa shape index (κ2) is 8.76. The molecule has 7 nitrogen and oxygen atoms in total.